The highest BCUT2D eigenvalue weighted by atomic mass is 16.5. The molecule has 8 nitrogen and oxygen atoms in total. The Labute approximate surface area is 170 Å². The highest BCUT2D eigenvalue weighted by Gasteiger charge is 2.41. The zero-order valence-electron chi connectivity index (χ0n) is 16.7. The van der Waals surface area contributed by atoms with Gasteiger partial charge in [0.1, 0.15) is 5.54 Å². The third kappa shape index (κ3) is 3.91. The van der Waals surface area contributed by atoms with E-state index >= 15 is 0 Å². The van der Waals surface area contributed by atoms with E-state index in [0.717, 1.165) is 45.3 Å². The molecule has 3 fully saturated rings. The van der Waals surface area contributed by atoms with Gasteiger partial charge in [0.15, 0.2) is 5.82 Å². The number of likely N-dealkylation sites (tertiary alicyclic amines) is 1. The number of hydrogen-bond acceptors (Lipinski definition) is 6. The van der Waals surface area contributed by atoms with Crippen LogP contribution in [-0.4, -0.2) is 62.9 Å². The van der Waals surface area contributed by atoms with Gasteiger partial charge in [-0.3, -0.25) is 9.69 Å². The lowest BCUT2D eigenvalue weighted by Gasteiger charge is -2.31. The number of aromatic nitrogens is 4. The van der Waals surface area contributed by atoms with Gasteiger partial charge in [0.25, 0.3) is 5.91 Å². The van der Waals surface area contributed by atoms with Crippen LogP contribution in [0.5, 0.6) is 0 Å². The molecule has 1 saturated carbocycles. The fourth-order valence-electron chi connectivity index (χ4n) is 4.90. The number of nitrogens with zero attached hydrogens (tertiary/aromatic N) is 5. The van der Waals surface area contributed by atoms with Gasteiger partial charge in [-0.25, -0.2) is 0 Å². The van der Waals surface area contributed by atoms with E-state index in [1.807, 2.05) is 30.3 Å². The number of rotatable bonds is 6. The minimum absolute atomic E-state index is 0.0763. The van der Waals surface area contributed by atoms with Crippen LogP contribution in [0.2, 0.25) is 0 Å². The lowest BCUT2D eigenvalue weighted by atomic mass is 9.96. The number of carbonyl (C=O) groups is 1. The van der Waals surface area contributed by atoms with Crippen molar-refractivity contribution in [2.24, 2.45) is 0 Å². The van der Waals surface area contributed by atoms with Crippen molar-refractivity contribution in [2.45, 2.75) is 62.8 Å². The third-order valence-electron chi connectivity index (χ3n) is 6.46. The van der Waals surface area contributed by atoms with Gasteiger partial charge in [-0.15, -0.1) is 10.2 Å². The summed E-state index contributed by atoms with van der Waals surface area (Å²) in [5.74, 6) is 0.564. The van der Waals surface area contributed by atoms with Crippen molar-refractivity contribution in [1.82, 2.24) is 30.4 Å². The van der Waals surface area contributed by atoms with Crippen LogP contribution in [0.15, 0.2) is 30.3 Å². The molecule has 1 N–H and O–H groups in total. The van der Waals surface area contributed by atoms with E-state index in [9.17, 15) is 4.79 Å². The zero-order chi connectivity index (χ0) is 19.7. The number of benzene rings is 1. The summed E-state index contributed by atoms with van der Waals surface area (Å²) in [5, 5.41) is 16.5. The first-order valence-corrected chi connectivity index (χ1v) is 10.7. The Morgan fingerprint density at radius 1 is 1.10 bits per heavy atom. The summed E-state index contributed by atoms with van der Waals surface area (Å²) in [7, 11) is 0. The van der Waals surface area contributed by atoms with Crippen molar-refractivity contribution in [2.75, 3.05) is 19.6 Å². The molecule has 2 aliphatic heterocycles. The summed E-state index contributed by atoms with van der Waals surface area (Å²) in [6.45, 7) is 3.59. The molecule has 2 bridgehead atoms. The number of nitrogens with one attached hydrogen (secondary N) is 1. The first-order valence-electron chi connectivity index (χ1n) is 10.7. The normalized spacial score (nSPS) is 25.9. The lowest BCUT2D eigenvalue weighted by molar-refractivity contribution is -0.0395. The summed E-state index contributed by atoms with van der Waals surface area (Å²) in [6, 6.07) is 9.33. The molecule has 29 heavy (non-hydrogen) atoms. The fraction of sp³-hybridized carbons (Fsp3) is 0.619. The Morgan fingerprint density at radius 3 is 2.55 bits per heavy atom. The molecule has 2 aromatic rings. The summed E-state index contributed by atoms with van der Waals surface area (Å²) >= 11 is 0. The molecule has 1 amide bonds. The Bertz CT molecular complexity index is 836. The molecule has 2 unspecified atom stereocenters. The SMILES string of the molecule is O=C(NC1(c2nnn(CCN3CC4CCC(C3)O4)n2)CCCC1)c1ccccc1. The second kappa shape index (κ2) is 7.84. The predicted molar refractivity (Wildman–Crippen MR) is 106 cm³/mol. The molecule has 3 aliphatic rings. The van der Waals surface area contributed by atoms with E-state index in [4.69, 9.17) is 4.74 Å². The van der Waals surface area contributed by atoms with Crippen LogP contribution in [0.25, 0.3) is 0 Å². The zero-order valence-corrected chi connectivity index (χ0v) is 16.7. The molecule has 2 atom stereocenters. The van der Waals surface area contributed by atoms with E-state index in [-0.39, 0.29) is 5.91 Å². The van der Waals surface area contributed by atoms with Crippen LogP contribution in [0.1, 0.15) is 54.7 Å². The lowest BCUT2D eigenvalue weighted by Crippen LogP contribution is -2.45. The molecule has 5 rings (SSSR count). The molecule has 1 aromatic carbocycles. The number of carbonyl (C=O) groups excluding carboxylic acids is 1. The van der Waals surface area contributed by atoms with E-state index < -0.39 is 5.54 Å². The molecule has 3 heterocycles. The first-order chi connectivity index (χ1) is 14.2. The highest BCUT2D eigenvalue weighted by Crippen LogP contribution is 2.37. The van der Waals surface area contributed by atoms with Gasteiger partial charge < -0.3 is 10.1 Å². The van der Waals surface area contributed by atoms with Gasteiger partial charge in [-0.1, -0.05) is 31.0 Å². The van der Waals surface area contributed by atoms with E-state index in [1.165, 1.54) is 12.8 Å². The van der Waals surface area contributed by atoms with E-state index in [1.54, 1.807) is 4.80 Å². The first kappa shape index (κ1) is 18.7. The van der Waals surface area contributed by atoms with Crippen molar-refractivity contribution in [1.29, 1.82) is 0 Å². The van der Waals surface area contributed by atoms with Crippen molar-refractivity contribution in [3.05, 3.63) is 41.7 Å². The van der Waals surface area contributed by atoms with Gasteiger partial charge >= 0.3 is 0 Å². The molecule has 1 aromatic heterocycles. The fourth-order valence-corrected chi connectivity index (χ4v) is 4.90. The van der Waals surface area contributed by atoms with Crippen molar-refractivity contribution >= 4 is 5.91 Å². The molecule has 1 aliphatic carbocycles. The number of hydrogen-bond donors (Lipinski definition) is 1. The number of morpholine rings is 1. The largest absolute Gasteiger partial charge is 0.372 e. The standard InChI is InChI=1S/C21H28N6O2/c28-19(16-6-2-1-3-7-16)22-21(10-4-5-11-21)20-23-25-27(24-20)13-12-26-14-17-8-9-18(15-26)29-17/h1-3,6-7,17-18H,4-5,8-15H2,(H,22,28). The molecule has 2 saturated heterocycles. The van der Waals surface area contributed by atoms with E-state index in [0.29, 0.717) is 30.1 Å². The van der Waals surface area contributed by atoms with Crippen molar-refractivity contribution in [3.8, 4) is 0 Å². The molecular formula is C21H28N6O2. The summed E-state index contributed by atoms with van der Waals surface area (Å²) < 4.78 is 5.91. The van der Waals surface area contributed by atoms with E-state index in [2.05, 4.69) is 25.6 Å². The highest BCUT2D eigenvalue weighted by molar-refractivity contribution is 5.94. The average molecular weight is 396 g/mol. The molecule has 0 spiro atoms. The minimum Gasteiger partial charge on any atom is -0.372 e. The van der Waals surface area contributed by atoms with Crippen LogP contribution in [0.4, 0.5) is 0 Å². The molecule has 8 heteroatoms. The van der Waals surface area contributed by atoms with Crippen LogP contribution in [0, 0.1) is 0 Å². The molecular weight excluding hydrogens is 368 g/mol. The molecule has 154 valence electrons. The van der Waals surface area contributed by atoms with Crippen LogP contribution < -0.4 is 5.32 Å². The van der Waals surface area contributed by atoms with Crippen molar-refractivity contribution in [3.63, 3.8) is 0 Å². The Kier molecular flexibility index (Phi) is 5.05. The van der Waals surface area contributed by atoms with Crippen LogP contribution >= 0.6 is 0 Å². The number of ether oxygens (including phenoxy) is 1. The Morgan fingerprint density at radius 2 is 1.83 bits per heavy atom. The predicted octanol–water partition coefficient (Wildman–Crippen LogP) is 1.74. The second-order valence-electron chi connectivity index (χ2n) is 8.54. The monoisotopic (exact) mass is 396 g/mol. The summed E-state index contributed by atoms with van der Waals surface area (Å²) in [4.78, 5) is 16.9. The Balaban J connectivity index is 1.25. The van der Waals surface area contributed by atoms with Crippen molar-refractivity contribution < 1.29 is 9.53 Å². The van der Waals surface area contributed by atoms with Crippen LogP contribution in [-0.2, 0) is 16.8 Å². The maximum atomic E-state index is 12.8. The summed E-state index contributed by atoms with van der Waals surface area (Å²) in [5.41, 5.74) is 0.150. The van der Waals surface area contributed by atoms with Gasteiger partial charge in [0, 0.05) is 25.2 Å². The number of tetrazole rings is 1. The number of fused-ring (bicyclic) bond motifs is 2. The van der Waals surface area contributed by atoms with Crippen LogP contribution in [0.3, 0.4) is 0 Å². The quantitative estimate of drug-likeness (QED) is 0.801. The molecule has 0 radical (unpaired) electrons. The van der Waals surface area contributed by atoms with Gasteiger partial charge in [-0.05, 0) is 43.0 Å². The van der Waals surface area contributed by atoms with Gasteiger partial charge in [0.2, 0.25) is 0 Å². The average Bonchev–Trinajstić information content (AvgIpc) is 3.48. The van der Waals surface area contributed by atoms with Gasteiger partial charge in [-0.2, -0.15) is 4.80 Å². The maximum Gasteiger partial charge on any atom is 0.252 e. The second-order valence-corrected chi connectivity index (χ2v) is 8.54. The smallest absolute Gasteiger partial charge is 0.252 e. The Hall–Kier alpha value is -2.32. The third-order valence-corrected chi connectivity index (χ3v) is 6.46. The number of amides is 1. The maximum absolute atomic E-state index is 12.8. The minimum atomic E-state index is -0.511. The topological polar surface area (TPSA) is 85.2 Å². The summed E-state index contributed by atoms with van der Waals surface area (Å²) in [6.07, 6.45) is 6.95. The van der Waals surface area contributed by atoms with Gasteiger partial charge in [0.05, 0.1) is 18.8 Å².